The Morgan fingerprint density at radius 1 is 1.18 bits per heavy atom. The zero-order chi connectivity index (χ0) is 19.6. The van der Waals surface area contributed by atoms with Crippen LogP contribution in [0.3, 0.4) is 0 Å². The van der Waals surface area contributed by atoms with E-state index in [1.54, 1.807) is 0 Å². The number of benzene rings is 1. The van der Waals surface area contributed by atoms with E-state index in [2.05, 4.69) is 58.9 Å². The van der Waals surface area contributed by atoms with Crippen molar-refractivity contribution in [1.82, 2.24) is 15.8 Å². The lowest BCUT2D eigenvalue weighted by Gasteiger charge is -2.40. The summed E-state index contributed by atoms with van der Waals surface area (Å²) in [6.07, 6.45) is 17.5. The molecule has 4 nitrogen and oxygen atoms in total. The summed E-state index contributed by atoms with van der Waals surface area (Å²) in [5.74, 6) is 3.38. The molecule has 1 aromatic rings. The third kappa shape index (κ3) is 5.58. The summed E-state index contributed by atoms with van der Waals surface area (Å²) in [6, 6.07) is 10.9. The molecule has 0 radical (unpaired) electrons. The summed E-state index contributed by atoms with van der Waals surface area (Å²) >= 11 is 0. The molecule has 154 valence electrons. The Labute approximate surface area is 171 Å². The first-order valence-corrected chi connectivity index (χ1v) is 11.2. The van der Waals surface area contributed by atoms with Crippen molar-refractivity contribution in [3.05, 3.63) is 35.9 Å². The Morgan fingerprint density at radius 3 is 2.61 bits per heavy atom. The van der Waals surface area contributed by atoms with Gasteiger partial charge in [-0.3, -0.25) is 5.32 Å². The van der Waals surface area contributed by atoms with E-state index < -0.39 is 0 Å². The molecule has 2 N–H and O–H groups in total. The van der Waals surface area contributed by atoms with Gasteiger partial charge in [0.05, 0.1) is 18.9 Å². The zero-order valence-electron chi connectivity index (χ0n) is 17.4. The Kier molecular flexibility index (Phi) is 8.82. The van der Waals surface area contributed by atoms with Crippen LogP contribution < -0.4 is 10.7 Å². The van der Waals surface area contributed by atoms with Crippen molar-refractivity contribution in [2.45, 2.75) is 83.0 Å². The molecular formula is C24H37N3O. The van der Waals surface area contributed by atoms with Crippen molar-refractivity contribution in [1.29, 1.82) is 0 Å². The molecule has 0 aromatic heterocycles. The van der Waals surface area contributed by atoms with Crippen molar-refractivity contribution in [3.63, 3.8) is 0 Å². The van der Waals surface area contributed by atoms with Crippen LogP contribution in [0.2, 0.25) is 0 Å². The van der Waals surface area contributed by atoms with Gasteiger partial charge in [-0.2, -0.15) is 0 Å². The smallest absolute Gasteiger partial charge is 0.108 e. The van der Waals surface area contributed by atoms with Crippen LogP contribution in [0.1, 0.15) is 76.4 Å². The minimum Gasteiger partial charge on any atom is -0.359 e. The van der Waals surface area contributed by atoms with Crippen LogP contribution in [0.4, 0.5) is 0 Å². The van der Waals surface area contributed by atoms with E-state index in [1.807, 2.05) is 0 Å². The maximum absolute atomic E-state index is 6.26. The number of unbranched alkanes of at least 4 members (excludes halogenated alkanes) is 1. The molecule has 3 unspecified atom stereocenters. The average Bonchev–Trinajstić information content (AvgIpc) is 3.05. The maximum atomic E-state index is 6.26. The summed E-state index contributed by atoms with van der Waals surface area (Å²) in [6.45, 7) is 3.44. The van der Waals surface area contributed by atoms with Gasteiger partial charge in [0.1, 0.15) is 12.7 Å². The lowest BCUT2D eigenvalue weighted by atomic mass is 9.92. The summed E-state index contributed by atoms with van der Waals surface area (Å²) in [4.78, 5) is 0. The van der Waals surface area contributed by atoms with Crippen molar-refractivity contribution < 1.29 is 4.74 Å². The van der Waals surface area contributed by atoms with Crippen molar-refractivity contribution in [3.8, 4) is 12.3 Å². The van der Waals surface area contributed by atoms with Crippen LogP contribution in [0.5, 0.6) is 0 Å². The average molecular weight is 384 g/mol. The van der Waals surface area contributed by atoms with Gasteiger partial charge in [-0.05, 0) is 30.7 Å². The second-order valence-corrected chi connectivity index (χ2v) is 8.20. The normalized spacial score (nSPS) is 23.8. The number of hydrogen-bond donors (Lipinski definition) is 2. The summed E-state index contributed by atoms with van der Waals surface area (Å²) < 4.78 is 6.26. The second-order valence-electron chi connectivity index (χ2n) is 8.20. The van der Waals surface area contributed by atoms with Crippen LogP contribution in [0.25, 0.3) is 0 Å². The lowest BCUT2D eigenvalue weighted by molar-refractivity contribution is -0.0421. The molecule has 1 aromatic carbocycles. The predicted octanol–water partition coefficient (Wildman–Crippen LogP) is 4.60. The van der Waals surface area contributed by atoms with Gasteiger partial charge in [-0.25, -0.2) is 10.4 Å². The van der Waals surface area contributed by atoms with E-state index in [0.717, 1.165) is 13.1 Å². The zero-order valence-corrected chi connectivity index (χ0v) is 17.4. The van der Waals surface area contributed by atoms with E-state index in [-0.39, 0.29) is 12.1 Å². The van der Waals surface area contributed by atoms with E-state index in [0.29, 0.717) is 18.7 Å². The highest BCUT2D eigenvalue weighted by molar-refractivity contribution is 5.20. The van der Waals surface area contributed by atoms with Crippen molar-refractivity contribution >= 4 is 0 Å². The largest absolute Gasteiger partial charge is 0.359 e. The molecular weight excluding hydrogens is 346 g/mol. The molecule has 3 atom stereocenters. The minimum atomic E-state index is -0.0236. The molecule has 0 amide bonds. The fraction of sp³-hybridized carbons (Fsp3) is 0.667. The van der Waals surface area contributed by atoms with Gasteiger partial charge in [-0.1, -0.05) is 81.7 Å². The van der Waals surface area contributed by atoms with E-state index in [9.17, 15) is 0 Å². The first-order chi connectivity index (χ1) is 13.8. The van der Waals surface area contributed by atoms with Gasteiger partial charge < -0.3 is 4.74 Å². The fourth-order valence-electron chi connectivity index (χ4n) is 4.84. The Hall–Kier alpha value is -1.38. The van der Waals surface area contributed by atoms with Crippen LogP contribution >= 0.6 is 0 Å². The second kappa shape index (κ2) is 11.6. The Morgan fingerprint density at radius 2 is 1.93 bits per heavy atom. The number of ether oxygens (including phenoxy) is 1. The van der Waals surface area contributed by atoms with E-state index in [1.165, 1.54) is 56.9 Å². The molecule has 2 fully saturated rings. The predicted molar refractivity (Wildman–Crippen MR) is 115 cm³/mol. The number of nitrogens with zero attached hydrogens (tertiary/aromatic N) is 1. The SMILES string of the molecule is C#CCOC(c1ccccc1)C(CCCC)N1NCNC1C1CCCCCC1. The van der Waals surface area contributed by atoms with Crippen LogP contribution in [-0.4, -0.2) is 30.5 Å². The first-order valence-electron chi connectivity index (χ1n) is 11.2. The molecule has 3 rings (SSSR count). The number of hydrogen-bond acceptors (Lipinski definition) is 4. The maximum Gasteiger partial charge on any atom is 0.108 e. The topological polar surface area (TPSA) is 36.5 Å². The molecule has 28 heavy (non-hydrogen) atoms. The van der Waals surface area contributed by atoms with Gasteiger partial charge in [0.2, 0.25) is 0 Å². The Bertz CT molecular complexity index is 592. The number of hydrazine groups is 1. The van der Waals surface area contributed by atoms with Gasteiger partial charge in [0, 0.05) is 0 Å². The van der Waals surface area contributed by atoms with E-state index >= 15 is 0 Å². The van der Waals surface area contributed by atoms with Gasteiger partial charge in [0.25, 0.3) is 0 Å². The number of rotatable bonds is 9. The lowest BCUT2D eigenvalue weighted by Crippen LogP contribution is -2.53. The van der Waals surface area contributed by atoms with Crippen molar-refractivity contribution in [2.75, 3.05) is 13.3 Å². The Balaban J connectivity index is 1.84. The summed E-state index contributed by atoms with van der Waals surface area (Å²) in [5, 5.41) is 6.23. The van der Waals surface area contributed by atoms with Crippen LogP contribution in [0.15, 0.2) is 30.3 Å². The molecule has 0 bridgehead atoms. The highest BCUT2D eigenvalue weighted by Crippen LogP contribution is 2.34. The summed E-state index contributed by atoms with van der Waals surface area (Å²) in [7, 11) is 0. The molecule has 1 aliphatic heterocycles. The molecule has 1 saturated carbocycles. The number of nitrogens with one attached hydrogen (secondary N) is 2. The third-order valence-corrected chi connectivity index (χ3v) is 6.25. The van der Waals surface area contributed by atoms with Crippen molar-refractivity contribution in [2.24, 2.45) is 5.92 Å². The monoisotopic (exact) mass is 383 g/mol. The molecule has 1 saturated heterocycles. The van der Waals surface area contributed by atoms with Gasteiger partial charge >= 0.3 is 0 Å². The van der Waals surface area contributed by atoms with E-state index in [4.69, 9.17) is 11.2 Å². The standard InChI is InChI=1S/C24H37N3O/c1-3-5-17-22(23(28-18-4-2)20-13-11-8-12-14-20)27-24(25-19-26-27)21-15-9-6-7-10-16-21/h2,8,11-14,21-26H,3,5-7,9-10,15-19H2,1H3. The molecule has 1 aliphatic carbocycles. The van der Waals surface area contributed by atoms with Gasteiger partial charge in [0.15, 0.2) is 0 Å². The highest BCUT2D eigenvalue weighted by Gasteiger charge is 2.39. The van der Waals surface area contributed by atoms with Gasteiger partial charge in [-0.15, -0.1) is 6.42 Å². The highest BCUT2D eigenvalue weighted by atomic mass is 16.5. The molecule has 4 heteroatoms. The fourth-order valence-corrected chi connectivity index (χ4v) is 4.84. The number of terminal acetylenes is 1. The first kappa shape index (κ1) is 21.3. The summed E-state index contributed by atoms with van der Waals surface area (Å²) in [5.41, 5.74) is 4.87. The van der Waals surface area contributed by atoms with Crippen LogP contribution in [0, 0.1) is 18.3 Å². The molecule has 1 heterocycles. The quantitative estimate of drug-likeness (QED) is 0.483. The third-order valence-electron chi connectivity index (χ3n) is 6.25. The molecule has 0 spiro atoms. The minimum absolute atomic E-state index is 0.0236. The molecule has 2 aliphatic rings. The van der Waals surface area contributed by atoms with Crippen LogP contribution in [-0.2, 0) is 4.74 Å².